The molecule has 0 saturated carbocycles. The van der Waals surface area contributed by atoms with Crippen molar-refractivity contribution in [3.8, 4) is 0 Å². The van der Waals surface area contributed by atoms with Gasteiger partial charge in [0.2, 0.25) is 0 Å². The lowest BCUT2D eigenvalue weighted by atomic mass is 9.76. The quantitative estimate of drug-likeness (QED) is 0.301. The molecule has 1 saturated heterocycles. The standard InChI is InChI=1S/C27H26N2O5/c1-33-26(32)23(19-34-29-24(30)17-18-25(29)31)28-27(20-11-5-2-6-12-20,21-13-7-3-8-14-21)22-15-9-4-10-16-22/h2-16,23,28H,17-19H2,1H3. The van der Waals surface area contributed by atoms with Crippen LogP contribution in [0.4, 0.5) is 0 Å². The van der Waals surface area contributed by atoms with Crippen molar-refractivity contribution in [3.05, 3.63) is 108 Å². The van der Waals surface area contributed by atoms with Crippen LogP contribution in [0.5, 0.6) is 0 Å². The summed E-state index contributed by atoms with van der Waals surface area (Å²) in [6, 6.07) is 28.3. The topological polar surface area (TPSA) is 84.9 Å². The van der Waals surface area contributed by atoms with E-state index in [4.69, 9.17) is 9.57 Å². The van der Waals surface area contributed by atoms with Gasteiger partial charge in [0.1, 0.15) is 12.6 Å². The first-order valence-corrected chi connectivity index (χ1v) is 11.1. The van der Waals surface area contributed by atoms with Crippen molar-refractivity contribution in [1.29, 1.82) is 0 Å². The number of benzene rings is 3. The van der Waals surface area contributed by atoms with Crippen LogP contribution in [0, 0.1) is 0 Å². The first kappa shape index (κ1) is 23.4. The molecule has 1 unspecified atom stereocenters. The lowest BCUT2D eigenvalue weighted by Crippen LogP contribution is -2.55. The lowest BCUT2D eigenvalue weighted by Gasteiger charge is -2.39. The number of hydroxylamine groups is 2. The summed E-state index contributed by atoms with van der Waals surface area (Å²) >= 11 is 0. The van der Waals surface area contributed by atoms with Gasteiger partial charge >= 0.3 is 5.97 Å². The summed E-state index contributed by atoms with van der Waals surface area (Å²) in [5, 5.41) is 4.21. The molecular formula is C27H26N2O5. The molecule has 1 fully saturated rings. The third-order valence-corrected chi connectivity index (χ3v) is 5.87. The van der Waals surface area contributed by atoms with Gasteiger partial charge in [0.15, 0.2) is 0 Å². The Morgan fingerprint density at radius 1 is 0.824 bits per heavy atom. The van der Waals surface area contributed by atoms with Gasteiger partial charge in [-0.2, -0.15) is 5.06 Å². The third kappa shape index (κ3) is 4.62. The van der Waals surface area contributed by atoms with Crippen LogP contribution in [-0.2, 0) is 29.5 Å². The molecule has 7 nitrogen and oxygen atoms in total. The van der Waals surface area contributed by atoms with Crippen LogP contribution >= 0.6 is 0 Å². The largest absolute Gasteiger partial charge is 0.468 e. The van der Waals surface area contributed by atoms with Crippen LogP contribution < -0.4 is 5.32 Å². The second-order valence-electron chi connectivity index (χ2n) is 7.95. The number of nitrogens with one attached hydrogen (secondary N) is 1. The van der Waals surface area contributed by atoms with Gasteiger partial charge in [-0.3, -0.25) is 24.5 Å². The van der Waals surface area contributed by atoms with Crippen molar-refractivity contribution in [3.63, 3.8) is 0 Å². The molecular weight excluding hydrogens is 432 g/mol. The highest BCUT2D eigenvalue weighted by molar-refractivity contribution is 6.00. The van der Waals surface area contributed by atoms with E-state index in [-0.39, 0.29) is 19.4 Å². The van der Waals surface area contributed by atoms with E-state index < -0.39 is 29.4 Å². The van der Waals surface area contributed by atoms with E-state index in [0.29, 0.717) is 0 Å². The summed E-state index contributed by atoms with van der Waals surface area (Å²) in [6.45, 7) is -0.265. The van der Waals surface area contributed by atoms with Crippen molar-refractivity contribution < 1.29 is 24.0 Å². The Balaban J connectivity index is 1.80. The highest BCUT2D eigenvalue weighted by Crippen LogP contribution is 2.37. The number of esters is 1. The van der Waals surface area contributed by atoms with Crippen LogP contribution in [0.25, 0.3) is 0 Å². The Bertz CT molecular complexity index is 1020. The zero-order valence-electron chi connectivity index (χ0n) is 18.8. The highest BCUT2D eigenvalue weighted by atomic mass is 16.7. The highest BCUT2D eigenvalue weighted by Gasteiger charge is 2.41. The number of rotatable bonds is 9. The predicted molar refractivity (Wildman–Crippen MR) is 125 cm³/mol. The van der Waals surface area contributed by atoms with Crippen molar-refractivity contribution in [2.24, 2.45) is 0 Å². The first-order chi connectivity index (χ1) is 16.6. The molecule has 174 valence electrons. The van der Waals surface area contributed by atoms with E-state index >= 15 is 0 Å². The number of carbonyl (C=O) groups excluding carboxylic acids is 3. The molecule has 0 radical (unpaired) electrons. The molecule has 3 aromatic carbocycles. The maximum Gasteiger partial charge on any atom is 0.325 e. The SMILES string of the molecule is COC(=O)C(CON1C(=O)CCC1=O)NC(c1ccccc1)(c1ccccc1)c1ccccc1. The molecule has 34 heavy (non-hydrogen) atoms. The Hall–Kier alpha value is -3.81. The van der Waals surface area contributed by atoms with Gasteiger partial charge < -0.3 is 4.74 Å². The van der Waals surface area contributed by atoms with Crippen molar-refractivity contribution >= 4 is 17.8 Å². The summed E-state index contributed by atoms with van der Waals surface area (Å²) in [4.78, 5) is 42.5. The lowest BCUT2D eigenvalue weighted by molar-refractivity contribution is -0.192. The number of hydrogen-bond acceptors (Lipinski definition) is 6. The molecule has 0 bridgehead atoms. The van der Waals surface area contributed by atoms with Crippen molar-refractivity contribution in [1.82, 2.24) is 10.4 Å². The third-order valence-electron chi connectivity index (χ3n) is 5.87. The molecule has 4 rings (SSSR count). The van der Waals surface area contributed by atoms with Crippen LogP contribution in [0.15, 0.2) is 91.0 Å². The normalized spacial score (nSPS) is 14.8. The average molecular weight is 459 g/mol. The van der Waals surface area contributed by atoms with Crippen LogP contribution in [0.2, 0.25) is 0 Å². The number of carbonyl (C=O) groups is 3. The molecule has 2 amide bonds. The Kier molecular flexibility index (Phi) is 7.15. The van der Waals surface area contributed by atoms with Crippen molar-refractivity contribution in [2.45, 2.75) is 24.4 Å². The van der Waals surface area contributed by atoms with E-state index in [1.54, 1.807) is 0 Å². The fourth-order valence-corrected chi connectivity index (χ4v) is 4.24. The Labute approximate surface area is 198 Å². The van der Waals surface area contributed by atoms with Gasteiger partial charge in [-0.25, -0.2) is 0 Å². The van der Waals surface area contributed by atoms with Crippen LogP contribution in [-0.4, -0.2) is 42.6 Å². The zero-order valence-corrected chi connectivity index (χ0v) is 18.8. The molecule has 1 aliphatic rings. The molecule has 0 spiro atoms. The maximum atomic E-state index is 12.9. The molecule has 0 aliphatic carbocycles. The Morgan fingerprint density at radius 2 is 1.24 bits per heavy atom. The predicted octanol–water partition coefficient (Wildman–Crippen LogP) is 3.19. The number of nitrogens with zero attached hydrogens (tertiary/aromatic N) is 1. The number of ether oxygens (including phenoxy) is 1. The molecule has 1 atom stereocenters. The number of imide groups is 1. The van der Waals surface area contributed by atoms with Gasteiger partial charge in [-0.05, 0) is 16.7 Å². The summed E-state index contributed by atoms with van der Waals surface area (Å²) in [5.74, 6) is -1.42. The average Bonchev–Trinajstić information content (AvgIpc) is 3.22. The molecule has 0 aromatic heterocycles. The summed E-state index contributed by atoms with van der Waals surface area (Å²) in [7, 11) is 1.29. The monoisotopic (exact) mass is 458 g/mol. The zero-order chi connectivity index (χ0) is 24.0. The van der Waals surface area contributed by atoms with Gasteiger partial charge in [0.05, 0.1) is 12.6 Å². The molecule has 1 N–H and O–H groups in total. The fraction of sp³-hybridized carbons (Fsp3) is 0.222. The minimum absolute atomic E-state index is 0.0944. The first-order valence-electron chi connectivity index (χ1n) is 11.1. The van der Waals surface area contributed by atoms with E-state index in [1.165, 1.54) is 7.11 Å². The smallest absolute Gasteiger partial charge is 0.325 e. The summed E-state index contributed by atoms with van der Waals surface area (Å²) < 4.78 is 5.06. The molecule has 1 heterocycles. The number of amides is 2. The van der Waals surface area contributed by atoms with E-state index in [9.17, 15) is 14.4 Å². The minimum atomic E-state index is -0.994. The molecule has 3 aromatic rings. The molecule has 1 aliphatic heterocycles. The summed E-state index contributed by atoms with van der Waals surface area (Å²) in [5.41, 5.74) is 1.74. The maximum absolute atomic E-state index is 12.9. The van der Waals surface area contributed by atoms with E-state index in [1.807, 2.05) is 91.0 Å². The fourth-order valence-electron chi connectivity index (χ4n) is 4.24. The van der Waals surface area contributed by atoms with Gasteiger partial charge in [-0.15, -0.1) is 0 Å². The number of hydrogen-bond donors (Lipinski definition) is 1. The van der Waals surface area contributed by atoms with Crippen LogP contribution in [0.3, 0.4) is 0 Å². The second-order valence-corrected chi connectivity index (χ2v) is 7.95. The minimum Gasteiger partial charge on any atom is -0.468 e. The number of methoxy groups -OCH3 is 1. The second kappa shape index (κ2) is 10.4. The molecule has 7 heteroatoms. The Morgan fingerprint density at radius 3 is 1.62 bits per heavy atom. The van der Waals surface area contributed by atoms with Crippen LogP contribution in [0.1, 0.15) is 29.5 Å². The van der Waals surface area contributed by atoms with Gasteiger partial charge in [0, 0.05) is 12.8 Å². The van der Waals surface area contributed by atoms with Crippen molar-refractivity contribution in [2.75, 3.05) is 13.7 Å². The van der Waals surface area contributed by atoms with Gasteiger partial charge in [0.25, 0.3) is 11.8 Å². The van der Waals surface area contributed by atoms with Gasteiger partial charge in [-0.1, -0.05) is 91.0 Å². The van der Waals surface area contributed by atoms with E-state index in [2.05, 4.69) is 5.32 Å². The summed E-state index contributed by atoms with van der Waals surface area (Å²) in [6.07, 6.45) is 0.189. The van der Waals surface area contributed by atoms with E-state index in [0.717, 1.165) is 21.8 Å².